The van der Waals surface area contributed by atoms with Crippen LogP contribution in [0.25, 0.3) is 0 Å². The van der Waals surface area contributed by atoms with Crippen molar-refractivity contribution in [2.45, 2.75) is 0 Å². The summed E-state index contributed by atoms with van der Waals surface area (Å²) in [6.07, 6.45) is 0. The Balaban J connectivity index is 2.90. The highest BCUT2D eigenvalue weighted by Crippen LogP contribution is 2.21. The first kappa shape index (κ1) is 9.86. The molecule has 1 aromatic rings. The molecule has 14 heavy (non-hydrogen) atoms. The van der Waals surface area contributed by atoms with Gasteiger partial charge in [0.2, 0.25) is 0 Å². The maximum Gasteiger partial charge on any atom is 0.255 e. The van der Waals surface area contributed by atoms with Crippen LogP contribution in [0.5, 0.6) is 11.5 Å². The quantitative estimate of drug-likeness (QED) is 0.465. The van der Waals surface area contributed by atoms with E-state index in [1.807, 2.05) is 0 Å². The molecule has 1 amide bonds. The summed E-state index contributed by atoms with van der Waals surface area (Å²) in [6.45, 7) is -0.145. The summed E-state index contributed by atoms with van der Waals surface area (Å²) in [6, 6.07) is 5.32. The average molecular weight is 192 g/mol. The van der Waals surface area contributed by atoms with Crippen molar-refractivity contribution in [3.05, 3.63) is 23.8 Å². The van der Waals surface area contributed by atoms with E-state index in [0.717, 1.165) is 6.07 Å². The number of hydrogen-bond donors (Lipinski definition) is 3. The van der Waals surface area contributed by atoms with E-state index in [2.05, 4.69) is 5.32 Å². The first-order chi connectivity index (χ1) is 6.65. The molecule has 0 bridgehead atoms. The molecule has 5 heteroatoms. The van der Waals surface area contributed by atoms with Gasteiger partial charge in [0.25, 0.3) is 5.91 Å². The molecule has 0 fully saturated rings. The maximum absolute atomic E-state index is 11.2. The van der Waals surface area contributed by atoms with Crippen LogP contribution in [-0.2, 0) is 0 Å². The van der Waals surface area contributed by atoms with Crippen LogP contribution in [0.1, 0.15) is 10.4 Å². The van der Waals surface area contributed by atoms with Crippen molar-refractivity contribution in [3.63, 3.8) is 0 Å². The molecule has 0 saturated heterocycles. The Bertz CT molecular complexity index is 396. The Labute approximate surface area is 80.2 Å². The molecule has 72 valence electrons. The van der Waals surface area contributed by atoms with Crippen molar-refractivity contribution < 1.29 is 15.0 Å². The zero-order valence-corrected chi connectivity index (χ0v) is 7.19. The van der Waals surface area contributed by atoms with Gasteiger partial charge in [-0.05, 0) is 18.2 Å². The third kappa shape index (κ3) is 2.14. The number of carbonyl (C=O) groups excluding carboxylic acids is 1. The second kappa shape index (κ2) is 4.14. The number of aromatic hydroxyl groups is 2. The van der Waals surface area contributed by atoms with Gasteiger partial charge in [-0.1, -0.05) is 0 Å². The highest BCUT2D eigenvalue weighted by molar-refractivity contribution is 5.97. The van der Waals surface area contributed by atoms with Crippen molar-refractivity contribution in [2.75, 3.05) is 6.54 Å². The SMILES string of the molecule is N#CCNC(=O)c1cc(O)ccc1O. The lowest BCUT2D eigenvalue weighted by Crippen LogP contribution is -2.23. The standard InChI is InChI=1S/C9H8N2O3/c10-3-4-11-9(14)7-5-6(12)1-2-8(7)13/h1-2,5,12-13H,4H2,(H,11,14). The summed E-state index contributed by atoms with van der Waals surface area (Å²) < 4.78 is 0. The Hall–Kier alpha value is -2.22. The summed E-state index contributed by atoms with van der Waals surface area (Å²) >= 11 is 0. The van der Waals surface area contributed by atoms with Crippen molar-refractivity contribution >= 4 is 5.91 Å². The Morgan fingerprint density at radius 3 is 2.86 bits per heavy atom. The molecule has 3 N–H and O–H groups in total. The molecular weight excluding hydrogens is 184 g/mol. The number of nitrogens with one attached hydrogen (secondary N) is 1. The number of carbonyl (C=O) groups is 1. The van der Waals surface area contributed by atoms with Gasteiger partial charge in [0.1, 0.15) is 18.0 Å². The van der Waals surface area contributed by atoms with E-state index < -0.39 is 5.91 Å². The topological polar surface area (TPSA) is 93.4 Å². The molecule has 0 radical (unpaired) electrons. The first-order valence-electron chi connectivity index (χ1n) is 3.82. The van der Waals surface area contributed by atoms with Crippen LogP contribution < -0.4 is 5.32 Å². The number of nitriles is 1. The molecule has 0 aliphatic heterocycles. The minimum Gasteiger partial charge on any atom is -0.508 e. The Morgan fingerprint density at radius 2 is 2.21 bits per heavy atom. The third-order valence-corrected chi connectivity index (χ3v) is 1.55. The molecule has 0 saturated carbocycles. The summed E-state index contributed by atoms with van der Waals surface area (Å²) in [5.74, 6) is -0.955. The van der Waals surface area contributed by atoms with E-state index in [0.29, 0.717) is 0 Å². The van der Waals surface area contributed by atoms with Crippen LogP contribution in [0.4, 0.5) is 0 Å². The number of nitrogens with zero attached hydrogens (tertiary/aromatic N) is 1. The van der Waals surface area contributed by atoms with Crippen molar-refractivity contribution in [3.8, 4) is 17.6 Å². The fourth-order valence-electron chi connectivity index (χ4n) is 0.921. The number of benzene rings is 1. The van der Waals surface area contributed by atoms with Gasteiger partial charge in [0.05, 0.1) is 11.6 Å². The molecule has 1 rings (SSSR count). The van der Waals surface area contributed by atoms with E-state index in [1.54, 1.807) is 6.07 Å². The van der Waals surface area contributed by atoms with E-state index in [1.165, 1.54) is 12.1 Å². The van der Waals surface area contributed by atoms with Crippen LogP contribution in [0, 0.1) is 11.3 Å². The van der Waals surface area contributed by atoms with Gasteiger partial charge >= 0.3 is 0 Å². The molecule has 5 nitrogen and oxygen atoms in total. The van der Waals surface area contributed by atoms with Crippen molar-refractivity contribution in [1.29, 1.82) is 5.26 Å². The maximum atomic E-state index is 11.2. The smallest absolute Gasteiger partial charge is 0.255 e. The highest BCUT2D eigenvalue weighted by atomic mass is 16.3. The van der Waals surface area contributed by atoms with Gasteiger partial charge in [-0.25, -0.2) is 0 Å². The van der Waals surface area contributed by atoms with Crippen molar-refractivity contribution in [1.82, 2.24) is 5.32 Å². The van der Waals surface area contributed by atoms with E-state index >= 15 is 0 Å². The van der Waals surface area contributed by atoms with Crippen LogP contribution in [0.15, 0.2) is 18.2 Å². The fourth-order valence-corrected chi connectivity index (χ4v) is 0.921. The summed E-state index contributed by atoms with van der Waals surface area (Å²) in [4.78, 5) is 11.2. The van der Waals surface area contributed by atoms with Crippen molar-refractivity contribution in [2.24, 2.45) is 0 Å². The number of phenolic OH excluding ortho intramolecular Hbond substituents is 2. The van der Waals surface area contributed by atoms with E-state index in [9.17, 15) is 9.90 Å². The lowest BCUT2D eigenvalue weighted by atomic mass is 10.2. The zero-order chi connectivity index (χ0) is 10.6. The molecule has 0 aliphatic carbocycles. The molecule has 0 aromatic heterocycles. The summed E-state index contributed by atoms with van der Waals surface area (Å²) in [5.41, 5.74) is -0.0553. The van der Waals surface area contributed by atoms with Gasteiger partial charge in [-0.2, -0.15) is 5.26 Å². The fraction of sp³-hybridized carbons (Fsp3) is 0.111. The summed E-state index contributed by atoms with van der Waals surface area (Å²) in [7, 11) is 0. The summed E-state index contributed by atoms with van der Waals surface area (Å²) in [5, 5.41) is 28.8. The monoisotopic (exact) mass is 192 g/mol. The van der Waals surface area contributed by atoms with Gasteiger partial charge in [0.15, 0.2) is 0 Å². The third-order valence-electron chi connectivity index (χ3n) is 1.55. The number of phenols is 2. The predicted octanol–water partition coefficient (Wildman–Crippen LogP) is 0.351. The van der Waals surface area contributed by atoms with Gasteiger partial charge in [-0.3, -0.25) is 4.79 Å². The van der Waals surface area contributed by atoms with Crippen LogP contribution in [0.3, 0.4) is 0 Å². The normalized spacial score (nSPS) is 9.07. The molecule has 0 spiro atoms. The Morgan fingerprint density at radius 1 is 1.50 bits per heavy atom. The van der Waals surface area contributed by atoms with Crippen LogP contribution in [0.2, 0.25) is 0 Å². The second-order valence-electron chi connectivity index (χ2n) is 2.54. The molecular formula is C9H8N2O3. The zero-order valence-electron chi connectivity index (χ0n) is 7.19. The molecule has 1 aromatic carbocycles. The predicted molar refractivity (Wildman–Crippen MR) is 47.7 cm³/mol. The number of amides is 1. The largest absolute Gasteiger partial charge is 0.508 e. The molecule has 0 aliphatic rings. The molecule has 0 heterocycles. The Kier molecular flexibility index (Phi) is 2.92. The van der Waals surface area contributed by atoms with Crippen LogP contribution in [-0.4, -0.2) is 22.7 Å². The number of hydrogen-bond acceptors (Lipinski definition) is 4. The highest BCUT2D eigenvalue weighted by Gasteiger charge is 2.10. The lowest BCUT2D eigenvalue weighted by Gasteiger charge is -2.03. The lowest BCUT2D eigenvalue weighted by molar-refractivity contribution is 0.0955. The number of rotatable bonds is 2. The minimum absolute atomic E-state index is 0.0553. The van der Waals surface area contributed by atoms with E-state index in [-0.39, 0.29) is 23.6 Å². The van der Waals surface area contributed by atoms with Gasteiger partial charge in [-0.15, -0.1) is 0 Å². The van der Waals surface area contributed by atoms with E-state index in [4.69, 9.17) is 10.4 Å². The molecule has 0 unspecified atom stereocenters. The average Bonchev–Trinajstić information content (AvgIpc) is 2.18. The van der Waals surface area contributed by atoms with Crippen LogP contribution >= 0.6 is 0 Å². The molecule has 0 atom stereocenters. The first-order valence-corrected chi connectivity index (χ1v) is 3.82. The minimum atomic E-state index is -0.597. The van der Waals surface area contributed by atoms with Gasteiger partial charge in [0, 0.05) is 0 Å². The van der Waals surface area contributed by atoms with Gasteiger partial charge < -0.3 is 15.5 Å². The second-order valence-corrected chi connectivity index (χ2v) is 2.54.